The molecule has 0 saturated carbocycles. The predicted octanol–water partition coefficient (Wildman–Crippen LogP) is 2.32. The summed E-state index contributed by atoms with van der Waals surface area (Å²) < 4.78 is 0. The lowest BCUT2D eigenvalue weighted by Crippen LogP contribution is -2.12. The number of halogens is 1. The zero-order valence-electron chi connectivity index (χ0n) is 9.34. The second-order valence-electron chi connectivity index (χ2n) is 3.82. The largest absolute Gasteiger partial charge is 0.399 e. The van der Waals surface area contributed by atoms with Crippen molar-refractivity contribution in [2.24, 2.45) is 5.73 Å². The van der Waals surface area contributed by atoms with Gasteiger partial charge in [0.05, 0.1) is 6.04 Å². The van der Waals surface area contributed by atoms with E-state index < -0.39 is 0 Å². The van der Waals surface area contributed by atoms with E-state index in [1.54, 1.807) is 6.07 Å². The molecule has 0 bridgehead atoms. The maximum Gasteiger partial charge on any atom is 0.0553 e. The summed E-state index contributed by atoms with van der Waals surface area (Å²) in [6.45, 7) is 0. The Labute approximate surface area is 107 Å². The van der Waals surface area contributed by atoms with Gasteiger partial charge in [0.1, 0.15) is 0 Å². The van der Waals surface area contributed by atoms with E-state index in [2.05, 4.69) is 0 Å². The molecule has 0 radical (unpaired) electrons. The van der Waals surface area contributed by atoms with E-state index in [0.29, 0.717) is 11.4 Å². The van der Waals surface area contributed by atoms with Gasteiger partial charge in [0.15, 0.2) is 0 Å². The van der Waals surface area contributed by atoms with Crippen LogP contribution in [0.4, 0.5) is 11.4 Å². The number of rotatable bonds is 2. The predicted molar refractivity (Wildman–Crippen MR) is 75.0 cm³/mol. The van der Waals surface area contributed by atoms with Crippen molar-refractivity contribution in [1.82, 2.24) is 0 Å². The topological polar surface area (TPSA) is 78.1 Å². The molecule has 6 N–H and O–H groups in total. The highest BCUT2D eigenvalue weighted by Gasteiger charge is 2.09. The fraction of sp³-hybridized carbons (Fsp3) is 0.0769. The van der Waals surface area contributed by atoms with Crippen LogP contribution in [0.5, 0.6) is 0 Å². The second kappa shape index (κ2) is 5.57. The van der Waals surface area contributed by atoms with Gasteiger partial charge in [-0.05, 0) is 29.3 Å². The molecule has 0 fully saturated rings. The molecule has 1 unspecified atom stereocenters. The van der Waals surface area contributed by atoms with Gasteiger partial charge in [0, 0.05) is 11.4 Å². The highest BCUT2D eigenvalue weighted by Crippen LogP contribution is 2.23. The number of hydrogen-bond acceptors (Lipinski definition) is 3. The van der Waals surface area contributed by atoms with E-state index in [0.717, 1.165) is 11.1 Å². The first-order chi connectivity index (χ1) is 7.66. The highest BCUT2D eigenvalue weighted by atomic mass is 35.5. The van der Waals surface area contributed by atoms with Crippen LogP contribution < -0.4 is 17.2 Å². The fourth-order valence-corrected chi connectivity index (χ4v) is 1.73. The molecule has 0 spiro atoms. The van der Waals surface area contributed by atoms with E-state index in [-0.39, 0.29) is 18.4 Å². The maximum atomic E-state index is 6.14. The van der Waals surface area contributed by atoms with Crippen molar-refractivity contribution in [3.8, 4) is 0 Å². The molecule has 0 saturated heterocycles. The molecule has 2 rings (SSSR count). The Morgan fingerprint density at radius 2 is 1.29 bits per heavy atom. The van der Waals surface area contributed by atoms with E-state index in [4.69, 9.17) is 17.2 Å². The summed E-state index contributed by atoms with van der Waals surface area (Å²) in [7, 11) is 0. The highest BCUT2D eigenvalue weighted by molar-refractivity contribution is 5.85. The van der Waals surface area contributed by atoms with Crippen LogP contribution in [0.25, 0.3) is 0 Å². The average molecular weight is 250 g/mol. The van der Waals surface area contributed by atoms with Crippen LogP contribution in [0, 0.1) is 0 Å². The van der Waals surface area contributed by atoms with Crippen LogP contribution in [0.15, 0.2) is 48.5 Å². The van der Waals surface area contributed by atoms with Crippen LogP contribution in [0.3, 0.4) is 0 Å². The molecule has 2 aromatic carbocycles. The number of nitrogen functional groups attached to an aromatic ring is 2. The van der Waals surface area contributed by atoms with Gasteiger partial charge >= 0.3 is 0 Å². The lowest BCUT2D eigenvalue weighted by atomic mass is 9.99. The molecule has 0 aliphatic carbocycles. The molecule has 90 valence electrons. The number of hydrogen-bond donors (Lipinski definition) is 3. The standard InChI is InChI=1S/C13H15N3.ClH/c14-11-6-10(7-12(15)8-11)13(16)9-4-2-1-3-5-9;/h1-8,13H,14-16H2;1H. The summed E-state index contributed by atoms with van der Waals surface area (Å²) in [4.78, 5) is 0. The van der Waals surface area contributed by atoms with Crippen molar-refractivity contribution in [2.75, 3.05) is 11.5 Å². The molecule has 0 aliphatic heterocycles. The third kappa shape index (κ3) is 3.12. The SMILES string of the molecule is Cl.Nc1cc(N)cc(C(N)c2ccccc2)c1. The molecule has 0 aromatic heterocycles. The lowest BCUT2D eigenvalue weighted by molar-refractivity contribution is 0.873. The van der Waals surface area contributed by atoms with Crippen molar-refractivity contribution >= 4 is 23.8 Å². The van der Waals surface area contributed by atoms with Crippen LogP contribution >= 0.6 is 12.4 Å². The van der Waals surface area contributed by atoms with Gasteiger partial charge in [0.2, 0.25) is 0 Å². The maximum absolute atomic E-state index is 6.14. The Hall–Kier alpha value is -1.71. The van der Waals surface area contributed by atoms with E-state index >= 15 is 0 Å². The Morgan fingerprint density at radius 3 is 1.82 bits per heavy atom. The van der Waals surface area contributed by atoms with E-state index in [1.165, 1.54) is 0 Å². The first-order valence-corrected chi connectivity index (χ1v) is 5.13. The summed E-state index contributed by atoms with van der Waals surface area (Å²) in [5.41, 5.74) is 20.9. The Morgan fingerprint density at radius 1 is 0.765 bits per heavy atom. The van der Waals surface area contributed by atoms with Gasteiger partial charge in [-0.25, -0.2) is 0 Å². The molecule has 2 aromatic rings. The molecule has 17 heavy (non-hydrogen) atoms. The summed E-state index contributed by atoms with van der Waals surface area (Å²) in [6, 6.07) is 15.1. The molecule has 0 aliphatic rings. The third-order valence-electron chi connectivity index (χ3n) is 2.52. The van der Waals surface area contributed by atoms with Crippen LogP contribution in [0.2, 0.25) is 0 Å². The summed E-state index contributed by atoms with van der Waals surface area (Å²) >= 11 is 0. The third-order valence-corrected chi connectivity index (χ3v) is 2.52. The van der Waals surface area contributed by atoms with E-state index in [1.807, 2.05) is 42.5 Å². The first kappa shape index (κ1) is 13.4. The Balaban J connectivity index is 0.00000144. The second-order valence-corrected chi connectivity index (χ2v) is 3.82. The Bertz CT molecular complexity index is 465. The van der Waals surface area contributed by atoms with Gasteiger partial charge < -0.3 is 17.2 Å². The minimum Gasteiger partial charge on any atom is -0.399 e. The van der Waals surface area contributed by atoms with Crippen molar-refractivity contribution in [1.29, 1.82) is 0 Å². The lowest BCUT2D eigenvalue weighted by Gasteiger charge is -2.13. The molecule has 1 atom stereocenters. The first-order valence-electron chi connectivity index (χ1n) is 5.13. The quantitative estimate of drug-likeness (QED) is 0.715. The number of nitrogens with two attached hydrogens (primary N) is 3. The molecule has 3 nitrogen and oxygen atoms in total. The zero-order valence-corrected chi connectivity index (χ0v) is 10.2. The Kier molecular flexibility index (Phi) is 4.37. The summed E-state index contributed by atoms with van der Waals surface area (Å²) in [6.07, 6.45) is 0. The molecule has 0 amide bonds. The fourth-order valence-electron chi connectivity index (χ4n) is 1.73. The minimum absolute atomic E-state index is 0. The van der Waals surface area contributed by atoms with Crippen molar-refractivity contribution < 1.29 is 0 Å². The van der Waals surface area contributed by atoms with Crippen LogP contribution in [-0.2, 0) is 0 Å². The van der Waals surface area contributed by atoms with Crippen molar-refractivity contribution in [3.05, 3.63) is 59.7 Å². The van der Waals surface area contributed by atoms with Crippen molar-refractivity contribution in [2.45, 2.75) is 6.04 Å². The van der Waals surface area contributed by atoms with Gasteiger partial charge in [-0.15, -0.1) is 12.4 Å². The monoisotopic (exact) mass is 249 g/mol. The van der Waals surface area contributed by atoms with Gasteiger partial charge in [0.25, 0.3) is 0 Å². The van der Waals surface area contributed by atoms with Gasteiger partial charge in [-0.1, -0.05) is 30.3 Å². The number of benzene rings is 2. The molecule has 0 heterocycles. The van der Waals surface area contributed by atoms with Crippen LogP contribution in [0.1, 0.15) is 17.2 Å². The van der Waals surface area contributed by atoms with Crippen LogP contribution in [-0.4, -0.2) is 0 Å². The van der Waals surface area contributed by atoms with E-state index in [9.17, 15) is 0 Å². The molecule has 4 heteroatoms. The normalized spacial score (nSPS) is 11.6. The molecular weight excluding hydrogens is 234 g/mol. The average Bonchev–Trinajstić information content (AvgIpc) is 2.28. The summed E-state index contributed by atoms with van der Waals surface area (Å²) in [5.74, 6) is 0. The smallest absolute Gasteiger partial charge is 0.0553 e. The van der Waals surface area contributed by atoms with Gasteiger partial charge in [-0.2, -0.15) is 0 Å². The summed E-state index contributed by atoms with van der Waals surface area (Å²) in [5, 5.41) is 0. The minimum atomic E-state index is -0.188. The molecular formula is C13H16ClN3. The van der Waals surface area contributed by atoms with Crippen molar-refractivity contribution in [3.63, 3.8) is 0 Å². The number of anilines is 2. The van der Waals surface area contributed by atoms with Gasteiger partial charge in [-0.3, -0.25) is 0 Å². The zero-order chi connectivity index (χ0) is 11.5.